The van der Waals surface area contributed by atoms with E-state index in [-0.39, 0.29) is 0 Å². The highest BCUT2D eigenvalue weighted by Gasteiger charge is 2.33. The zero-order valence-corrected chi connectivity index (χ0v) is 15.0. The van der Waals surface area contributed by atoms with Crippen LogP contribution in [0.3, 0.4) is 0 Å². The molecular weight excluding hydrogens is 316 g/mol. The Kier molecular flexibility index (Phi) is 12.6. The van der Waals surface area contributed by atoms with Crippen LogP contribution in [0.15, 0.2) is 0 Å². The van der Waals surface area contributed by atoms with E-state index in [1.54, 1.807) is 0 Å². The van der Waals surface area contributed by atoms with Crippen molar-refractivity contribution in [2.45, 2.75) is 102 Å². The first-order valence-electron chi connectivity index (χ1n) is 8.49. The van der Waals surface area contributed by atoms with Gasteiger partial charge >= 0.3 is 5.97 Å². The van der Waals surface area contributed by atoms with Crippen molar-refractivity contribution in [1.29, 1.82) is 0 Å². The number of rotatable bonds is 14. The molecule has 0 aromatic carbocycles. The van der Waals surface area contributed by atoms with Gasteiger partial charge in [-0.25, -0.2) is 0 Å². The summed E-state index contributed by atoms with van der Waals surface area (Å²) < 4.78 is -0.676. The van der Waals surface area contributed by atoms with Crippen molar-refractivity contribution in [1.82, 2.24) is 0 Å². The van der Waals surface area contributed by atoms with Gasteiger partial charge in [-0.15, -0.1) is 0 Å². The Morgan fingerprint density at radius 2 is 1.20 bits per heavy atom. The highest BCUT2D eigenvalue weighted by molar-refractivity contribution is 9.10. The van der Waals surface area contributed by atoms with Gasteiger partial charge in [-0.1, -0.05) is 100 Å². The minimum Gasteiger partial charge on any atom is -0.480 e. The van der Waals surface area contributed by atoms with E-state index in [1.807, 2.05) is 0 Å². The zero-order chi connectivity index (χ0) is 15.3. The Morgan fingerprint density at radius 1 is 0.800 bits per heavy atom. The molecule has 0 fully saturated rings. The number of carboxylic acid groups (broad SMARTS) is 1. The molecule has 20 heavy (non-hydrogen) atoms. The van der Waals surface area contributed by atoms with Crippen molar-refractivity contribution in [3.8, 4) is 0 Å². The third kappa shape index (κ3) is 9.79. The van der Waals surface area contributed by atoms with E-state index in [0.717, 1.165) is 32.1 Å². The van der Waals surface area contributed by atoms with Gasteiger partial charge < -0.3 is 5.11 Å². The Labute approximate surface area is 133 Å². The summed E-state index contributed by atoms with van der Waals surface area (Å²) in [5, 5.41) is 9.34. The average molecular weight is 349 g/mol. The number of alkyl halides is 1. The summed E-state index contributed by atoms with van der Waals surface area (Å²) in [6, 6.07) is 0. The minimum absolute atomic E-state index is 0.676. The third-order valence-corrected chi connectivity index (χ3v) is 5.12. The fraction of sp³-hybridized carbons (Fsp3) is 0.941. The fourth-order valence-electron chi connectivity index (χ4n) is 2.51. The van der Waals surface area contributed by atoms with E-state index in [1.165, 1.54) is 51.4 Å². The van der Waals surface area contributed by atoms with Crippen molar-refractivity contribution < 1.29 is 9.90 Å². The van der Waals surface area contributed by atoms with Crippen molar-refractivity contribution in [2.75, 3.05) is 0 Å². The second kappa shape index (κ2) is 12.7. The van der Waals surface area contributed by atoms with Crippen LogP contribution >= 0.6 is 15.9 Å². The van der Waals surface area contributed by atoms with Gasteiger partial charge in [0.15, 0.2) is 0 Å². The Morgan fingerprint density at radius 3 is 1.65 bits per heavy atom. The number of hydrogen-bond acceptors (Lipinski definition) is 1. The van der Waals surface area contributed by atoms with E-state index >= 15 is 0 Å². The molecule has 0 aliphatic heterocycles. The smallest absolute Gasteiger partial charge is 0.320 e. The van der Waals surface area contributed by atoms with E-state index in [2.05, 4.69) is 29.8 Å². The fourth-order valence-corrected chi connectivity index (χ4v) is 3.07. The molecule has 0 bridgehead atoms. The highest BCUT2D eigenvalue weighted by Crippen LogP contribution is 2.31. The van der Waals surface area contributed by atoms with Crippen LogP contribution in [-0.2, 0) is 4.79 Å². The number of halogens is 1. The molecule has 2 nitrogen and oxygen atoms in total. The molecule has 0 aliphatic rings. The van der Waals surface area contributed by atoms with E-state index in [4.69, 9.17) is 0 Å². The van der Waals surface area contributed by atoms with Crippen molar-refractivity contribution >= 4 is 21.9 Å². The molecule has 0 aromatic rings. The predicted molar refractivity (Wildman–Crippen MR) is 90.7 cm³/mol. The molecule has 0 saturated heterocycles. The Balaban J connectivity index is 3.61. The van der Waals surface area contributed by atoms with Crippen LogP contribution in [0, 0.1) is 0 Å². The zero-order valence-electron chi connectivity index (χ0n) is 13.4. The first-order valence-corrected chi connectivity index (χ1v) is 9.28. The average Bonchev–Trinajstić information content (AvgIpc) is 2.43. The van der Waals surface area contributed by atoms with E-state index in [0.29, 0.717) is 0 Å². The van der Waals surface area contributed by atoms with Crippen LogP contribution in [0.5, 0.6) is 0 Å². The lowest BCUT2D eigenvalue weighted by molar-refractivity contribution is -0.140. The van der Waals surface area contributed by atoms with Crippen LogP contribution in [0.4, 0.5) is 0 Å². The lowest BCUT2D eigenvalue weighted by atomic mass is 9.95. The summed E-state index contributed by atoms with van der Waals surface area (Å²) in [5.74, 6) is -0.689. The molecule has 0 spiro atoms. The van der Waals surface area contributed by atoms with Gasteiger partial charge in [-0.3, -0.25) is 4.79 Å². The summed E-state index contributed by atoms with van der Waals surface area (Å²) in [4.78, 5) is 11.3. The lowest BCUT2D eigenvalue weighted by Gasteiger charge is -2.22. The van der Waals surface area contributed by atoms with E-state index < -0.39 is 10.3 Å². The molecule has 0 rings (SSSR count). The largest absolute Gasteiger partial charge is 0.480 e. The summed E-state index contributed by atoms with van der Waals surface area (Å²) in [6.45, 7) is 4.35. The number of hydrogen-bond donors (Lipinski definition) is 1. The molecular formula is C17H33BrO2. The molecule has 1 N–H and O–H groups in total. The van der Waals surface area contributed by atoms with Crippen molar-refractivity contribution in [2.24, 2.45) is 0 Å². The number of carbonyl (C=O) groups is 1. The molecule has 0 heterocycles. The quantitative estimate of drug-likeness (QED) is 0.294. The van der Waals surface area contributed by atoms with Crippen LogP contribution in [0.1, 0.15) is 97.3 Å². The monoisotopic (exact) mass is 348 g/mol. The maximum atomic E-state index is 11.3. The minimum atomic E-state index is -0.689. The first-order chi connectivity index (χ1) is 9.56. The molecule has 0 aromatic heterocycles. The summed E-state index contributed by atoms with van der Waals surface area (Å²) in [6.07, 6.45) is 15.0. The molecule has 0 aliphatic carbocycles. The normalized spacial score (nSPS) is 14.2. The van der Waals surface area contributed by atoms with Gasteiger partial charge in [0.2, 0.25) is 0 Å². The summed E-state index contributed by atoms with van der Waals surface area (Å²) in [5.41, 5.74) is 0. The molecule has 3 heteroatoms. The molecule has 0 amide bonds. The Hall–Kier alpha value is -0.0500. The number of carboxylic acids is 1. The number of unbranched alkanes of at least 4 members (excludes halogenated alkanes) is 9. The third-order valence-electron chi connectivity index (χ3n) is 3.99. The summed E-state index contributed by atoms with van der Waals surface area (Å²) >= 11 is 3.46. The molecule has 120 valence electrons. The topological polar surface area (TPSA) is 37.3 Å². The molecule has 0 radical (unpaired) electrons. The van der Waals surface area contributed by atoms with Gasteiger partial charge in [0.05, 0.1) is 0 Å². The predicted octanol–water partition coefficient (Wildman–Crippen LogP) is 6.32. The SMILES string of the molecule is CCCCCCCCCCCC(Br)(CCCC)C(=O)O. The maximum Gasteiger partial charge on any atom is 0.320 e. The van der Waals surface area contributed by atoms with Crippen LogP contribution in [-0.4, -0.2) is 15.4 Å². The van der Waals surface area contributed by atoms with Gasteiger partial charge in [0, 0.05) is 0 Å². The highest BCUT2D eigenvalue weighted by atomic mass is 79.9. The standard InChI is InChI=1S/C17H33BrO2/c1-3-5-7-8-9-10-11-12-13-15-17(18,16(19)20)14-6-4-2/h3-15H2,1-2H3,(H,19,20). The van der Waals surface area contributed by atoms with E-state index in [9.17, 15) is 9.90 Å². The second-order valence-corrected chi connectivity index (χ2v) is 7.47. The van der Waals surface area contributed by atoms with Gasteiger partial charge in [-0.05, 0) is 12.8 Å². The van der Waals surface area contributed by atoms with Crippen LogP contribution in [0.25, 0.3) is 0 Å². The Bertz CT molecular complexity index is 243. The van der Waals surface area contributed by atoms with Gasteiger partial charge in [-0.2, -0.15) is 0 Å². The molecule has 0 saturated carbocycles. The van der Waals surface area contributed by atoms with Crippen molar-refractivity contribution in [3.63, 3.8) is 0 Å². The van der Waals surface area contributed by atoms with Crippen molar-refractivity contribution in [3.05, 3.63) is 0 Å². The number of aliphatic carboxylic acids is 1. The lowest BCUT2D eigenvalue weighted by Crippen LogP contribution is -2.31. The first kappa shape index (κ1) is 19.9. The molecule has 1 unspecified atom stereocenters. The van der Waals surface area contributed by atoms with Crippen LogP contribution in [0.2, 0.25) is 0 Å². The van der Waals surface area contributed by atoms with Crippen LogP contribution < -0.4 is 0 Å². The van der Waals surface area contributed by atoms with Gasteiger partial charge in [0.25, 0.3) is 0 Å². The summed E-state index contributed by atoms with van der Waals surface area (Å²) in [7, 11) is 0. The second-order valence-electron chi connectivity index (χ2n) is 5.95. The maximum absolute atomic E-state index is 11.3. The molecule has 1 atom stereocenters. The van der Waals surface area contributed by atoms with Gasteiger partial charge in [0.1, 0.15) is 4.32 Å².